The Labute approximate surface area is 170 Å². The molecule has 0 unspecified atom stereocenters. The van der Waals surface area contributed by atoms with Crippen LogP contribution in [-0.4, -0.2) is 28.8 Å². The predicted molar refractivity (Wildman–Crippen MR) is 109 cm³/mol. The van der Waals surface area contributed by atoms with Gasteiger partial charge in [-0.3, -0.25) is 9.59 Å². The normalized spacial score (nSPS) is 10.6. The molecular weight excluding hydrogens is 368 g/mol. The molecule has 3 rings (SSSR count). The number of aromatic nitrogens is 1. The molecule has 0 spiro atoms. The standard InChI is InChI=1S/C23H24N2O4/c1-4-17-5-7-18(8-6-17)14-25(3)23(27)22-13-21(29-24-22)15-28-20-11-9-19(10-12-20)16(2)26/h5-13H,4,14-15H2,1-3H3. The molecule has 0 aliphatic rings. The molecule has 0 bridgehead atoms. The Balaban J connectivity index is 1.56. The number of hydrogen-bond acceptors (Lipinski definition) is 5. The molecule has 0 aliphatic carbocycles. The van der Waals surface area contributed by atoms with Crippen molar-refractivity contribution in [3.63, 3.8) is 0 Å². The van der Waals surface area contributed by atoms with Gasteiger partial charge in [0.15, 0.2) is 17.2 Å². The monoisotopic (exact) mass is 392 g/mol. The molecule has 0 saturated heterocycles. The molecule has 3 aromatic rings. The molecule has 1 heterocycles. The molecule has 2 aromatic carbocycles. The van der Waals surface area contributed by atoms with Crippen LogP contribution in [0.4, 0.5) is 0 Å². The van der Waals surface area contributed by atoms with E-state index >= 15 is 0 Å². The van der Waals surface area contributed by atoms with Crippen LogP contribution in [0.15, 0.2) is 59.1 Å². The maximum atomic E-state index is 12.6. The van der Waals surface area contributed by atoms with Crippen molar-refractivity contribution in [2.45, 2.75) is 33.4 Å². The molecule has 29 heavy (non-hydrogen) atoms. The highest BCUT2D eigenvalue weighted by Crippen LogP contribution is 2.16. The fraction of sp³-hybridized carbons (Fsp3) is 0.261. The van der Waals surface area contributed by atoms with Gasteiger partial charge in [0, 0.05) is 25.2 Å². The lowest BCUT2D eigenvalue weighted by Gasteiger charge is -2.15. The Kier molecular flexibility index (Phi) is 6.44. The molecule has 6 nitrogen and oxygen atoms in total. The fourth-order valence-corrected chi connectivity index (χ4v) is 2.84. The summed E-state index contributed by atoms with van der Waals surface area (Å²) in [4.78, 5) is 25.5. The van der Waals surface area contributed by atoms with E-state index in [-0.39, 0.29) is 24.0 Å². The summed E-state index contributed by atoms with van der Waals surface area (Å²) in [5, 5.41) is 3.86. The lowest BCUT2D eigenvalue weighted by atomic mass is 10.1. The van der Waals surface area contributed by atoms with Crippen LogP contribution in [0.1, 0.15) is 51.6 Å². The van der Waals surface area contributed by atoms with Crippen molar-refractivity contribution in [2.24, 2.45) is 0 Å². The van der Waals surface area contributed by atoms with Crippen LogP contribution in [0.25, 0.3) is 0 Å². The number of nitrogens with zero attached hydrogens (tertiary/aromatic N) is 2. The van der Waals surface area contributed by atoms with Crippen molar-refractivity contribution < 1.29 is 18.8 Å². The molecule has 1 aromatic heterocycles. The molecule has 0 saturated carbocycles. The Hall–Kier alpha value is -3.41. The summed E-state index contributed by atoms with van der Waals surface area (Å²) in [6.07, 6.45) is 0.986. The molecule has 0 N–H and O–H groups in total. The van der Waals surface area contributed by atoms with Crippen LogP contribution >= 0.6 is 0 Å². The van der Waals surface area contributed by atoms with E-state index in [0.717, 1.165) is 12.0 Å². The van der Waals surface area contributed by atoms with Gasteiger partial charge in [-0.1, -0.05) is 36.3 Å². The van der Waals surface area contributed by atoms with E-state index in [1.54, 1.807) is 42.3 Å². The van der Waals surface area contributed by atoms with Crippen LogP contribution in [-0.2, 0) is 19.6 Å². The number of hydrogen-bond donors (Lipinski definition) is 0. The van der Waals surface area contributed by atoms with E-state index in [2.05, 4.69) is 24.2 Å². The summed E-state index contributed by atoms with van der Waals surface area (Å²) >= 11 is 0. The van der Waals surface area contributed by atoms with E-state index in [1.165, 1.54) is 12.5 Å². The van der Waals surface area contributed by atoms with Gasteiger partial charge >= 0.3 is 0 Å². The molecule has 1 amide bonds. The van der Waals surface area contributed by atoms with Gasteiger partial charge in [0.05, 0.1) is 0 Å². The van der Waals surface area contributed by atoms with Crippen molar-refractivity contribution in [3.8, 4) is 5.75 Å². The minimum atomic E-state index is -0.217. The SMILES string of the molecule is CCc1ccc(CN(C)C(=O)c2cc(COc3ccc(C(C)=O)cc3)on2)cc1. The zero-order valence-corrected chi connectivity index (χ0v) is 16.8. The zero-order valence-electron chi connectivity index (χ0n) is 16.8. The second kappa shape index (κ2) is 9.19. The van der Waals surface area contributed by atoms with Crippen molar-refractivity contribution in [1.82, 2.24) is 10.1 Å². The summed E-state index contributed by atoms with van der Waals surface area (Å²) in [5.41, 5.74) is 3.18. The number of Topliss-reactive ketones (excluding diaryl/α,β-unsaturated/α-hetero) is 1. The molecular formula is C23H24N2O4. The summed E-state index contributed by atoms with van der Waals surface area (Å²) in [7, 11) is 1.73. The lowest BCUT2D eigenvalue weighted by Crippen LogP contribution is -2.26. The Morgan fingerprint density at radius 1 is 1.03 bits per heavy atom. The third-order valence-corrected chi connectivity index (χ3v) is 4.62. The smallest absolute Gasteiger partial charge is 0.276 e. The second-order valence-corrected chi connectivity index (χ2v) is 6.88. The Morgan fingerprint density at radius 2 is 1.69 bits per heavy atom. The van der Waals surface area contributed by atoms with Crippen molar-refractivity contribution in [3.05, 3.63) is 82.7 Å². The molecule has 0 fully saturated rings. The quantitative estimate of drug-likeness (QED) is 0.535. The first-order valence-electron chi connectivity index (χ1n) is 9.49. The van der Waals surface area contributed by atoms with Gasteiger partial charge in [0.25, 0.3) is 5.91 Å². The summed E-state index contributed by atoms with van der Waals surface area (Å²) in [6.45, 7) is 4.25. The topological polar surface area (TPSA) is 72.6 Å². The van der Waals surface area contributed by atoms with Crippen LogP contribution in [0.5, 0.6) is 5.75 Å². The van der Waals surface area contributed by atoms with Gasteiger partial charge in [0.1, 0.15) is 12.4 Å². The van der Waals surface area contributed by atoms with Crippen molar-refractivity contribution in [2.75, 3.05) is 7.05 Å². The van der Waals surface area contributed by atoms with E-state index in [1.807, 2.05) is 12.1 Å². The largest absolute Gasteiger partial charge is 0.486 e. The third-order valence-electron chi connectivity index (χ3n) is 4.62. The van der Waals surface area contributed by atoms with E-state index in [0.29, 0.717) is 23.6 Å². The van der Waals surface area contributed by atoms with Crippen molar-refractivity contribution >= 4 is 11.7 Å². The number of rotatable bonds is 8. The number of aryl methyl sites for hydroxylation is 1. The van der Waals surface area contributed by atoms with Gasteiger partial charge in [-0.15, -0.1) is 0 Å². The number of benzene rings is 2. The molecule has 0 aliphatic heterocycles. The molecule has 0 atom stereocenters. The maximum Gasteiger partial charge on any atom is 0.276 e. The minimum Gasteiger partial charge on any atom is -0.486 e. The van der Waals surface area contributed by atoms with E-state index < -0.39 is 0 Å². The number of ether oxygens (including phenoxy) is 1. The average Bonchev–Trinajstić information content (AvgIpc) is 3.21. The fourth-order valence-electron chi connectivity index (χ4n) is 2.84. The summed E-state index contributed by atoms with van der Waals surface area (Å²) in [6, 6.07) is 16.6. The summed E-state index contributed by atoms with van der Waals surface area (Å²) in [5.74, 6) is 0.836. The number of ketones is 1. The highest BCUT2D eigenvalue weighted by atomic mass is 16.5. The van der Waals surface area contributed by atoms with Gasteiger partial charge in [-0.05, 0) is 48.7 Å². The maximum absolute atomic E-state index is 12.6. The lowest BCUT2D eigenvalue weighted by molar-refractivity contribution is 0.0774. The number of amides is 1. The van der Waals surface area contributed by atoms with Gasteiger partial charge in [0.2, 0.25) is 0 Å². The highest BCUT2D eigenvalue weighted by Gasteiger charge is 2.17. The predicted octanol–water partition coefficient (Wildman–Crippen LogP) is 4.29. The van der Waals surface area contributed by atoms with Crippen LogP contribution in [0.3, 0.4) is 0 Å². The Bertz CT molecular complexity index is 975. The molecule has 6 heteroatoms. The van der Waals surface area contributed by atoms with Crippen LogP contribution in [0.2, 0.25) is 0 Å². The highest BCUT2D eigenvalue weighted by molar-refractivity contribution is 5.94. The molecule has 0 radical (unpaired) electrons. The van der Waals surface area contributed by atoms with Crippen molar-refractivity contribution in [1.29, 1.82) is 0 Å². The Morgan fingerprint density at radius 3 is 2.31 bits per heavy atom. The average molecular weight is 392 g/mol. The summed E-state index contributed by atoms with van der Waals surface area (Å²) < 4.78 is 10.9. The first-order chi connectivity index (χ1) is 14.0. The van der Waals surface area contributed by atoms with Gasteiger partial charge in [-0.25, -0.2) is 0 Å². The third kappa shape index (κ3) is 5.31. The first kappa shape index (κ1) is 20.3. The first-order valence-corrected chi connectivity index (χ1v) is 9.49. The van der Waals surface area contributed by atoms with E-state index in [4.69, 9.17) is 9.26 Å². The van der Waals surface area contributed by atoms with Gasteiger partial charge in [-0.2, -0.15) is 0 Å². The van der Waals surface area contributed by atoms with Gasteiger partial charge < -0.3 is 14.2 Å². The van der Waals surface area contributed by atoms with Crippen LogP contribution in [0, 0.1) is 0 Å². The number of carbonyl (C=O) groups is 2. The van der Waals surface area contributed by atoms with E-state index in [9.17, 15) is 9.59 Å². The minimum absolute atomic E-state index is 0.000338. The zero-order chi connectivity index (χ0) is 20.8. The molecule has 150 valence electrons. The number of carbonyl (C=O) groups excluding carboxylic acids is 2. The van der Waals surface area contributed by atoms with Crippen LogP contribution < -0.4 is 4.74 Å². The second-order valence-electron chi connectivity index (χ2n) is 6.88.